The zero-order valence-corrected chi connectivity index (χ0v) is 14.0. The van der Waals surface area contributed by atoms with E-state index in [9.17, 15) is 0 Å². The SMILES string of the molecule is CC(C)c1nc(CN2CCCC[C@@H]2CN2CCOCC2)co1. The van der Waals surface area contributed by atoms with Crippen LogP contribution in [-0.2, 0) is 11.3 Å². The summed E-state index contributed by atoms with van der Waals surface area (Å²) in [7, 11) is 0. The maximum absolute atomic E-state index is 5.59. The molecular weight excluding hydrogens is 278 g/mol. The minimum absolute atomic E-state index is 0.360. The monoisotopic (exact) mass is 307 g/mol. The van der Waals surface area contributed by atoms with Gasteiger partial charge in [0.05, 0.1) is 18.9 Å². The number of aromatic nitrogens is 1. The predicted molar refractivity (Wildman–Crippen MR) is 85.9 cm³/mol. The van der Waals surface area contributed by atoms with Crippen LogP contribution in [0.2, 0.25) is 0 Å². The number of rotatable bonds is 5. The Morgan fingerprint density at radius 2 is 2.05 bits per heavy atom. The van der Waals surface area contributed by atoms with Crippen molar-refractivity contribution in [3.8, 4) is 0 Å². The van der Waals surface area contributed by atoms with Crippen LogP contribution in [0.15, 0.2) is 10.7 Å². The highest BCUT2D eigenvalue weighted by Crippen LogP contribution is 2.22. The van der Waals surface area contributed by atoms with Crippen LogP contribution in [0.3, 0.4) is 0 Å². The van der Waals surface area contributed by atoms with Crippen LogP contribution in [0.4, 0.5) is 0 Å². The van der Waals surface area contributed by atoms with Crippen molar-refractivity contribution in [2.45, 2.75) is 51.6 Å². The molecule has 0 aliphatic carbocycles. The molecule has 5 heteroatoms. The second kappa shape index (κ2) is 7.57. The first kappa shape index (κ1) is 16.0. The molecule has 0 saturated carbocycles. The van der Waals surface area contributed by atoms with Gasteiger partial charge in [-0.2, -0.15) is 0 Å². The second-order valence-corrected chi connectivity index (χ2v) is 6.86. The van der Waals surface area contributed by atoms with Gasteiger partial charge in [0.25, 0.3) is 0 Å². The van der Waals surface area contributed by atoms with E-state index in [1.807, 2.05) is 6.26 Å². The molecular formula is C17H29N3O2. The Balaban J connectivity index is 1.58. The fraction of sp³-hybridized carbons (Fsp3) is 0.824. The van der Waals surface area contributed by atoms with Crippen molar-refractivity contribution in [3.63, 3.8) is 0 Å². The lowest BCUT2D eigenvalue weighted by Gasteiger charge is -2.39. The molecule has 1 aromatic rings. The number of hydrogen-bond acceptors (Lipinski definition) is 5. The third-order valence-electron chi connectivity index (χ3n) is 4.75. The van der Waals surface area contributed by atoms with E-state index in [4.69, 9.17) is 9.15 Å². The molecule has 1 atom stereocenters. The fourth-order valence-corrected chi connectivity index (χ4v) is 3.43. The summed E-state index contributed by atoms with van der Waals surface area (Å²) < 4.78 is 11.0. The number of oxazole rings is 1. The molecule has 124 valence electrons. The molecule has 1 aromatic heterocycles. The van der Waals surface area contributed by atoms with Gasteiger partial charge >= 0.3 is 0 Å². The average molecular weight is 307 g/mol. The molecule has 0 unspecified atom stereocenters. The van der Waals surface area contributed by atoms with Crippen LogP contribution < -0.4 is 0 Å². The third kappa shape index (κ3) is 4.09. The van der Waals surface area contributed by atoms with Crippen molar-refractivity contribution in [3.05, 3.63) is 17.8 Å². The normalized spacial score (nSPS) is 25.0. The van der Waals surface area contributed by atoms with E-state index in [0.29, 0.717) is 12.0 Å². The Hall–Kier alpha value is -0.910. The summed E-state index contributed by atoms with van der Waals surface area (Å²) in [6.45, 7) is 11.4. The molecule has 0 amide bonds. The van der Waals surface area contributed by atoms with Crippen LogP contribution in [0, 0.1) is 0 Å². The summed E-state index contributed by atoms with van der Waals surface area (Å²) >= 11 is 0. The van der Waals surface area contributed by atoms with Crippen LogP contribution in [-0.4, -0.2) is 60.2 Å². The van der Waals surface area contributed by atoms with Crippen molar-refractivity contribution in [2.24, 2.45) is 0 Å². The van der Waals surface area contributed by atoms with Crippen LogP contribution in [0.1, 0.15) is 50.6 Å². The van der Waals surface area contributed by atoms with Crippen LogP contribution in [0.25, 0.3) is 0 Å². The van der Waals surface area contributed by atoms with E-state index in [1.54, 1.807) is 0 Å². The van der Waals surface area contributed by atoms with E-state index in [1.165, 1.54) is 25.8 Å². The van der Waals surface area contributed by atoms with Gasteiger partial charge in [0.2, 0.25) is 0 Å². The minimum Gasteiger partial charge on any atom is -0.448 e. The highest BCUT2D eigenvalue weighted by atomic mass is 16.5. The van der Waals surface area contributed by atoms with E-state index in [2.05, 4.69) is 28.6 Å². The van der Waals surface area contributed by atoms with Crippen LogP contribution >= 0.6 is 0 Å². The summed E-state index contributed by atoms with van der Waals surface area (Å²) in [5.74, 6) is 1.22. The van der Waals surface area contributed by atoms with Crippen molar-refractivity contribution in [2.75, 3.05) is 39.4 Å². The topological polar surface area (TPSA) is 41.7 Å². The highest BCUT2D eigenvalue weighted by molar-refractivity contribution is 5.00. The van der Waals surface area contributed by atoms with E-state index in [-0.39, 0.29) is 0 Å². The molecule has 2 aliphatic heterocycles. The summed E-state index contributed by atoms with van der Waals surface area (Å²) in [5.41, 5.74) is 1.08. The first-order chi connectivity index (χ1) is 10.7. The van der Waals surface area contributed by atoms with Gasteiger partial charge in [0, 0.05) is 38.1 Å². The maximum Gasteiger partial charge on any atom is 0.196 e. The Labute approximate surface area is 133 Å². The molecule has 2 aliphatic rings. The standard InChI is InChI=1S/C17H29N3O2/c1-14(2)17-18-15(13-22-17)11-20-6-4-3-5-16(20)12-19-7-9-21-10-8-19/h13-14,16H,3-12H2,1-2H3/t16-/m1/s1. The fourth-order valence-electron chi connectivity index (χ4n) is 3.43. The van der Waals surface area contributed by atoms with Crippen LogP contribution in [0.5, 0.6) is 0 Å². The molecule has 3 heterocycles. The summed E-state index contributed by atoms with van der Waals surface area (Å²) in [6.07, 6.45) is 5.79. The first-order valence-electron chi connectivity index (χ1n) is 8.71. The zero-order valence-electron chi connectivity index (χ0n) is 14.0. The lowest BCUT2D eigenvalue weighted by atomic mass is 10.0. The van der Waals surface area contributed by atoms with Crippen molar-refractivity contribution >= 4 is 0 Å². The van der Waals surface area contributed by atoms with Crippen molar-refractivity contribution in [1.29, 1.82) is 0 Å². The van der Waals surface area contributed by atoms with Crippen molar-refractivity contribution in [1.82, 2.24) is 14.8 Å². The Kier molecular flexibility index (Phi) is 5.50. The molecule has 3 rings (SSSR count). The number of hydrogen-bond donors (Lipinski definition) is 0. The van der Waals surface area contributed by atoms with Gasteiger partial charge in [-0.15, -0.1) is 0 Å². The Morgan fingerprint density at radius 1 is 1.23 bits per heavy atom. The van der Waals surface area contributed by atoms with E-state index >= 15 is 0 Å². The lowest BCUT2D eigenvalue weighted by Crippen LogP contribution is -2.49. The number of likely N-dealkylation sites (tertiary alicyclic amines) is 1. The number of morpholine rings is 1. The molecule has 0 radical (unpaired) electrons. The third-order valence-corrected chi connectivity index (χ3v) is 4.75. The lowest BCUT2D eigenvalue weighted by molar-refractivity contribution is 0.0151. The van der Waals surface area contributed by atoms with Crippen molar-refractivity contribution < 1.29 is 9.15 Å². The molecule has 0 N–H and O–H groups in total. The summed E-state index contributed by atoms with van der Waals surface area (Å²) in [4.78, 5) is 9.79. The Morgan fingerprint density at radius 3 is 2.77 bits per heavy atom. The highest BCUT2D eigenvalue weighted by Gasteiger charge is 2.26. The van der Waals surface area contributed by atoms with E-state index < -0.39 is 0 Å². The molecule has 0 aromatic carbocycles. The molecule has 2 fully saturated rings. The smallest absolute Gasteiger partial charge is 0.196 e. The second-order valence-electron chi connectivity index (χ2n) is 6.86. The quantitative estimate of drug-likeness (QED) is 0.836. The summed E-state index contributed by atoms with van der Waals surface area (Å²) in [6, 6.07) is 0.644. The summed E-state index contributed by atoms with van der Waals surface area (Å²) in [5, 5.41) is 0. The van der Waals surface area contributed by atoms with E-state index in [0.717, 1.165) is 51.0 Å². The van der Waals surface area contributed by atoms with Gasteiger partial charge in [-0.3, -0.25) is 9.80 Å². The van der Waals surface area contributed by atoms with Gasteiger partial charge in [-0.25, -0.2) is 4.98 Å². The molecule has 2 saturated heterocycles. The number of nitrogens with zero attached hydrogens (tertiary/aromatic N) is 3. The number of piperidine rings is 1. The maximum atomic E-state index is 5.59. The minimum atomic E-state index is 0.360. The molecule has 0 spiro atoms. The molecule has 5 nitrogen and oxygen atoms in total. The molecule has 0 bridgehead atoms. The van der Waals surface area contributed by atoms with Gasteiger partial charge in [-0.05, 0) is 19.4 Å². The number of ether oxygens (including phenoxy) is 1. The van der Waals surface area contributed by atoms with Gasteiger partial charge in [0.1, 0.15) is 6.26 Å². The molecule has 22 heavy (non-hydrogen) atoms. The van der Waals surface area contributed by atoms with Gasteiger partial charge in [-0.1, -0.05) is 20.3 Å². The van der Waals surface area contributed by atoms with Gasteiger partial charge < -0.3 is 9.15 Å². The van der Waals surface area contributed by atoms with Gasteiger partial charge in [0.15, 0.2) is 5.89 Å². The zero-order chi connectivity index (χ0) is 15.4. The average Bonchev–Trinajstić information content (AvgIpc) is 2.99. The first-order valence-corrected chi connectivity index (χ1v) is 8.71. The predicted octanol–water partition coefficient (Wildman–Crippen LogP) is 2.48. The largest absolute Gasteiger partial charge is 0.448 e. The Bertz CT molecular complexity index is 455.